The molecule has 0 heterocycles. The predicted molar refractivity (Wildman–Crippen MR) is 62.7 cm³/mol. The molecule has 0 fully saturated rings. The Labute approximate surface area is 98.7 Å². The maximum atomic E-state index is 11.2. The van der Waals surface area contributed by atoms with Crippen molar-refractivity contribution in [2.24, 2.45) is 0 Å². The van der Waals surface area contributed by atoms with Gasteiger partial charge in [0.2, 0.25) is 5.91 Å². The highest BCUT2D eigenvalue weighted by molar-refractivity contribution is 5.93. The highest BCUT2D eigenvalue weighted by atomic mass is 16.5. The molecule has 0 atom stereocenters. The van der Waals surface area contributed by atoms with Gasteiger partial charge in [-0.05, 0) is 23.8 Å². The lowest BCUT2D eigenvalue weighted by Crippen LogP contribution is -2.27. The molecule has 0 aliphatic carbocycles. The number of ether oxygens (including phenoxy) is 1. The zero-order chi connectivity index (χ0) is 12.7. The molecular weight excluding hydrogens is 222 g/mol. The van der Waals surface area contributed by atoms with E-state index in [1.54, 1.807) is 31.4 Å². The second kappa shape index (κ2) is 6.32. The molecule has 90 valence electrons. The molecule has 0 spiro atoms. The topological polar surface area (TPSA) is 75.6 Å². The average Bonchev–Trinajstić information content (AvgIpc) is 2.34. The number of carbonyl (C=O) groups excluding carboxylic acids is 1. The smallest absolute Gasteiger partial charge is 0.322 e. The molecule has 1 rings (SSSR count). The van der Waals surface area contributed by atoms with Crippen LogP contribution in [0.15, 0.2) is 30.3 Å². The van der Waals surface area contributed by atoms with Crippen molar-refractivity contribution < 1.29 is 19.4 Å². The molecule has 0 aliphatic heterocycles. The van der Waals surface area contributed by atoms with Gasteiger partial charge in [0.05, 0.1) is 7.11 Å². The van der Waals surface area contributed by atoms with Gasteiger partial charge in [-0.15, -0.1) is 0 Å². The van der Waals surface area contributed by atoms with Gasteiger partial charge >= 0.3 is 5.97 Å². The van der Waals surface area contributed by atoms with Gasteiger partial charge in [-0.2, -0.15) is 0 Å². The zero-order valence-corrected chi connectivity index (χ0v) is 9.34. The molecule has 0 radical (unpaired) electrons. The number of carboxylic acid groups (broad SMARTS) is 1. The van der Waals surface area contributed by atoms with Crippen LogP contribution in [0.3, 0.4) is 0 Å². The Morgan fingerprint density at radius 2 is 2.24 bits per heavy atom. The summed E-state index contributed by atoms with van der Waals surface area (Å²) in [5.74, 6) is -0.832. The first kappa shape index (κ1) is 12.8. The molecule has 0 unspecified atom stereocenters. The molecule has 2 N–H and O–H groups in total. The Kier molecular flexibility index (Phi) is 4.75. The lowest BCUT2D eigenvalue weighted by molar-refractivity contribution is -0.137. The second-order valence-corrected chi connectivity index (χ2v) is 3.22. The minimum Gasteiger partial charge on any atom is -0.497 e. The minimum atomic E-state index is -1.08. The third kappa shape index (κ3) is 4.83. The lowest BCUT2D eigenvalue weighted by atomic mass is 10.2. The van der Waals surface area contributed by atoms with Crippen molar-refractivity contribution in [1.29, 1.82) is 0 Å². The molecule has 1 aromatic rings. The summed E-state index contributed by atoms with van der Waals surface area (Å²) in [6.45, 7) is -0.388. The molecule has 5 nitrogen and oxygen atoms in total. The number of nitrogens with one attached hydrogen (secondary N) is 1. The van der Waals surface area contributed by atoms with Crippen LogP contribution in [0, 0.1) is 0 Å². The van der Waals surface area contributed by atoms with Crippen molar-refractivity contribution in [3.8, 4) is 5.75 Å². The molecule has 17 heavy (non-hydrogen) atoms. The molecule has 1 aromatic carbocycles. The third-order valence-corrected chi connectivity index (χ3v) is 1.93. The minimum absolute atomic E-state index is 0.388. The SMILES string of the molecule is COc1cccc(/C=C/C(=O)NCC(=O)O)c1. The summed E-state index contributed by atoms with van der Waals surface area (Å²) in [6.07, 6.45) is 2.86. The number of carbonyl (C=O) groups is 2. The van der Waals surface area contributed by atoms with E-state index >= 15 is 0 Å². The number of benzene rings is 1. The van der Waals surface area contributed by atoms with Gasteiger partial charge < -0.3 is 15.2 Å². The monoisotopic (exact) mass is 235 g/mol. The van der Waals surface area contributed by atoms with E-state index in [9.17, 15) is 9.59 Å². The fraction of sp³-hybridized carbons (Fsp3) is 0.167. The standard InChI is InChI=1S/C12H13NO4/c1-17-10-4-2-3-9(7-10)5-6-11(14)13-8-12(15)16/h2-7H,8H2,1H3,(H,13,14)(H,15,16)/b6-5+. The molecule has 1 amide bonds. The van der Waals surface area contributed by atoms with Crippen LogP contribution in [0.4, 0.5) is 0 Å². The van der Waals surface area contributed by atoms with Gasteiger partial charge in [0.1, 0.15) is 12.3 Å². The van der Waals surface area contributed by atoms with E-state index in [2.05, 4.69) is 5.32 Å². The molecule has 0 saturated carbocycles. The van der Waals surface area contributed by atoms with E-state index in [0.717, 1.165) is 5.56 Å². The quantitative estimate of drug-likeness (QED) is 0.744. The van der Waals surface area contributed by atoms with Crippen molar-refractivity contribution in [3.63, 3.8) is 0 Å². The summed E-state index contributed by atoms with van der Waals surface area (Å²) in [7, 11) is 1.56. The van der Waals surface area contributed by atoms with Crippen molar-refractivity contribution in [2.45, 2.75) is 0 Å². The normalized spacial score (nSPS) is 10.2. The van der Waals surface area contributed by atoms with Crippen LogP contribution in [0.25, 0.3) is 6.08 Å². The van der Waals surface area contributed by atoms with E-state index in [-0.39, 0.29) is 6.54 Å². The highest BCUT2D eigenvalue weighted by Crippen LogP contribution is 2.13. The summed E-state index contributed by atoms with van der Waals surface area (Å²) in [6, 6.07) is 7.17. The van der Waals surface area contributed by atoms with Crippen LogP contribution in [0.1, 0.15) is 5.56 Å². The van der Waals surface area contributed by atoms with Crippen LogP contribution in [-0.4, -0.2) is 30.6 Å². The first-order chi connectivity index (χ1) is 8.11. The van der Waals surface area contributed by atoms with Crippen LogP contribution < -0.4 is 10.1 Å². The first-order valence-electron chi connectivity index (χ1n) is 4.93. The predicted octanol–water partition coefficient (Wildman–Crippen LogP) is 0.909. The Bertz CT molecular complexity index is 440. The average molecular weight is 235 g/mol. The number of amides is 1. The van der Waals surface area contributed by atoms with Gasteiger partial charge in [-0.25, -0.2) is 0 Å². The fourth-order valence-corrected chi connectivity index (χ4v) is 1.14. The van der Waals surface area contributed by atoms with Crippen molar-refractivity contribution in [2.75, 3.05) is 13.7 Å². The van der Waals surface area contributed by atoms with Crippen LogP contribution >= 0.6 is 0 Å². The Morgan fingerprint density at radius 1 is 1.47 bits per heavy atom. The van der Waals surface area contributed by atoms with Crippen LogP contribution in [0.5, 0.6) is 5.75 Å². The van der Waals surface area contributed by atoms with Crippen molar-refractivity contribution in [1.82, 2.24) is 5.32 Å². The number of rotatable bonds is 5. The molecule has 0 aliphatic rings. The Morgan fingerprint density at radius 3 is 2.88 bits per heavy atom. The second-order valence-electron chi connectivity index (χ2n) is 3.22. The number of carboxylic acids is 1. The maximum absolute atomic E-state index is 11.2. The number of methoxy groups -OCH3 is 1. The third-order valence-electron chi connectivity index (χ3n) is 1.93. The summed E-state index contributed by atoms with van der Waals surface area (Å²) in [5.41, 5.74) is 0.801. The summed E-state index contributed by atoms with van der Waals surface area (Å²) in [5, 5.41) is 10.6. The Balaban J connectivity index is 2.57. The van der Waals surface area contributed by atoms with Crippen molar-refractivity contribution >= 4 is 18.0 Å². The molecular formula is C12H13NO4. The van der Waals surface area contributed by atoms with E-state index in [1.807, 2.05) is 6.07 Å². The molecule has 5 heteroatoms. The molecule has 0 aromatic heterocycles. The van der Waals surface area contributed by atoms with E-state index in [0.29, 0.717) is 5.75 Å². The molecule has 0 bridgehead atoms. The van der Waals surface area contributed by atoms with Crippen LogP contribution in [0.2, 0.25) is 0 Å². The zero-order valence-electron chi connectivity index (χ0n) is 9.34. The van der Waals surface area contributed by atoms with Crippen molar-refractivity contribution in [3.05, 3.63) is 35.9 Å². The van der Waals surface area contributed by atoms with Gasteiger partial charge in [0.25, 0.3) is 0 Å². The first-order valence-corrected chi connectivity index (χ1v) is 4.93. The summed E-state index contributed by atoms with van der Waals surface area (Å²) >= 11 is 0. The molecule has 0 saturated heterocycles. The number of hydrogen-bond acceptors (Lipinski definition) is 3. The van der Waals surface area contributed by atoms with Gasteiger partial charge in [-0.1, -0.05) is 12.1 Å². The Hall–Kier alpha value is -2.30. The van der Waals surface area contributed by atoms with Gasteiger partial charge in [0, 0.05) is 6.08 Å². The van der Waals surface area contributed by atoms with Gasteiger partial charge in [-0.3, -0.25) is 9.59 Å². The van der Waals surface area contributed by atoms with Crippen LogP contribution in [-0.2, 0) is 9.59 Å². The maximum Gasteiger partial charge on any atom is 0.322 e. The van der Waals surface area contributed by atoms with E-state index < -0.39 is 11.9 Å². The highest BCUT2D eigenvalue weighted by Gasteiger charge is 1.99. The van der Waals surface area contributed by atoms with Gasteiger partial charge in [0.15, 0.2) is 0 Å². The number of hydrogen-bond donors (Lipinski definition) is 2. The summed E-state index contributed by atoms with van der Waals surface area (Å²) in [4.78, 5) is 21.4. The number of aliphatic carboxylic acids is 1. The lowest BCUT2D eigenvalue weighted by Gasteiger charge is -2.00. The van der Waals surface area contributed by atoms with E-state index in [1.165, 1.54) is 6.08 Å². The summed E-state index contributed by atoms with van der Waals surface area (Å²) < 4.78 is 5.03. The fourth-order valence-electron chi connectivity index (χ4n) is 1.14. The van der Waals surface area contributed by atoms with E-state index in [4.69, 9.17) is 9.84 Å². The largest absolute Gasteiger partial charge is 0.497 e.